The monoisotopic (exact) mass is 1290 g/mol. The molecule has 0 aliphatic carbocycles. The van der Waals surface area contributed by atoms with Crippen molar-refractivity contribution in [2.75, 3.05) is 295 Å². The maximum atomic E-state index is 3.92. The van der Waals surface area contributed by atoms with E-state index in [1.807, 2.05) is 0 Å². The molecule has 3 aliphatic rings. The van der Waals surface area contributed by atoms with E-state index in [9.17, 15) is 0 Å². The van der Waals surface area contributed by atoms with Gasteiger partial charge in [0.25, 0.3) is 0 Å². The smallest absolute Gasteiger partial charge is 0.0799 e. The Morgan fingerprint density at radius 1 is 0.176 bits per heavy atom. The third kappa shape index (κ3) is 60.1. The molecule has 18 N–H and O–H groups in total. The van der Waals surface area contributed by atoms with Crippen molar-refractivity contribution in [1.29, 1.82) is 0 Å². The standard InChI is InChI=1S/C70H158N21/c1-2-27-72-33-8-38-78-43-13-48-83-55-19-61-89(60-18-54-82-47-12-42-77-37-7-32-71-26-1)64-24-68-91(66-22-58-86-51-16-46-81-41-11-36-75-30-5-6-31-76-52-17-53-87-70-88-59-23-67-91)69-25-65-90-62-20-56-84-49-14-44-79-39-9-34-73-28-3-4-29-74-35-10-40-80-45-15-50-85-57-21-63-90/h71-88H,1-70H2/q+1. The SMILES string of the molecule is C1CCNCCCNCCCNCCCN(CCC[N+]2(CCCN3CCCNCCCNCCCNCCCCNCCCNCCCNCCC3)CCCNCCCNCCCNCCCCNCCCNCNCCC2)CCCNCCCNCCCNC1. The molecule has 0 aromatic carbocycles. The second-order valence-corrected chi connectivity index (χ2v) is 26.9. The van der Waals surface area contributed by atoms with E-state index in [0.717, 1.165) is 229 Å². The van der Waals surface area contributed by atoms with Crippen molar-refractivity contribution >= 4 is 0 Å². The Kier molecular flexibility index (Phi) is 65.4. The average Bonchev–Trinajstić information content (AvgIpc) is 3.27. The van der Waals surface area contributed by atoms with E-state index in [2.05, 4.69) is 106 Å². The first kappa shape index (κ1) is 84.4. The van der Waals surface area contributed by atoms with E-state index in [4.69, 9.17) is 0 Å². The molecule has 3 saturated heterocycles. The first-order chi connectivity index (χ1) is 45.4. The second kappa shape index (κ2) is 70.5. The number of nitrogens with one attached hydrogen (secondary N) is 18. The van der Waals surface area contributed by atoms with Crippen molar-refractivity contribution in [3.63, 3.8) is 0 Å². The summed E-state index contributed by atoms with van der Waals surface area (Å²) in [5.41, 5.74) is 0. The minimum Gasteiger partial charge on any atom is -0.323 e. The van der Waals surface area contributed by atoms with Gasteiger partial charge in [-0.05, 0) is 370 Å². The van der Waals surface area contributed by atoms with Crippen molar-refractivity contribution in [2.24, 2.45) is 0 Å². The van der Waals surface area contributed by atoms with Crippen LogP contribution in [0.15, 0.2) is 0 Å². The molecule has 0 bridgehead atoms. The zero-order valence-electron chi connectivity index (χ0n) is 59.8. The lowest BCUT2D eigenvalue weighted by Crippen LogP contribution is -2.53. The van der Waals surface area contributed by atoms with Gasteiger partial charge in [0.2, 0.25) is 0 Å². The lowest BCUT2D eigenvalue weighted by atomic mass is 10.1. The van der Waals surface area contributed by atoms with E-state index in [1.165, 1.54) is 230 Å². The molecule has 3 aliphatic heterocycles. The van der Waals surface area contributed by atoms with Crippen molar-refractivity contribution < 1.29 is 4.48 Å². The van der Waals surface area contributed by atoms with Gasteiger partial charge in [-0.1, -0.05) is 0 Å². The molecular formula is C70H158N21+. The Morgan fingerprint density at radius 2 is 0.341 bits per heavy atom. The van der Waals surface area contributed by atoms with Crippen LogP contribution in [0.4, 0.5) is 0 Å². The molecule has 0 saturated carbocycles. The number of quaternary nitrogens is 1. The Balaban J connectivity index is 1.70. The molecule has 91 heavy (non-hydrogen) atoms. The number of hydrogen-bond donors (Lipinski definition) is 18. The summed E-state index contributed by atoms with van der Waals surface area (Å²) in [4.78, 5) is 5.69. The summed E-state index contributed by atoms with van der Waals surface area (Å²) < 4.78 is 1.25. The van der Waals surface area contributed by atoms with Gasteiger partial charge in [0.1, 0.15) is 0 Å². The second-order valence-electron chi connectivity index (χ2n) is 26.9. The van der Waals surface area contributed by atoms with Crippen LogP contribution in [0.25, 0.3) is 0 Å². The first-order valence-corrected chi connectivity index (χ1v) is 39.4. The Bertz CT molecular complexity index is 1240. The van der Waals surface area contributed by atoms with Crippen LogP contribution in [0.2, 0.25) is 0 Å². The summed E-state index contributed by atoms with van der Waals surface area (Å²) in [5, 5.41) is 67.3. The van der Waals surface area contributed by atoms with Crippen LogP contribution >= 0.6 is 0 Å². The highest BCUT2D eigenvalue weighted by molar-refractivity contribution is 4.69. The number of nitrogens with zero attached hydrogens (tertiary/aromatic N) is 3. The van der Waals surface area contributed by atoms with Gasteiger partial charge in [-0.3, -0.25) is 0 Å². The molecular weight excluding hydrogens is 1130 g/mol. The molecule has 0 aromatic heterocycles. The normalized spacial score (nSPS) is 24.7. The first-order valence-electron chi connectivity index (χ1n) is 39.4. The van der Waals surface area contributed by atoms with Crippen molar-refractivity contribution in [3.8, 4) is 0 Å². The summed E-state index contributed by atoms with van der Waals surface area (Å²) >= 11 is 0. The fourth-order valence-corrected chi connectivity index (χ4v) is 12.9. The average molecular weight is 1290 g/mol. The molecule has 3 fully saturated rings. The van der Waals surface area contributed by atoms with E-state index in [0.29, 0.717) is 0 Å². The third-order valence-corrected chi connectivity index (χ3v) is 18.4. The van der Waals surface area contributed by atoms with Crippen LogP contribution in [0.5, 0.6) is 0 Å². The molecule has 0 radical (unpaired) electrons. The van der Waals surface area contributed by atoms with Crippen LogP contribution < -0.4 is 95.7 Å². The summed E-state index contributed by atoms with van der Waals surface area (Å²) in [6, 6.07) is 0. The fraction of sp³-hybridized carbons (Fsp3) is 1.00. The predicted molar refractivity (Wildman–Crippen MR) is 395 cm³/mol. The van der Waals surface area contributed by atoms with Gasteiger partial charge < -0.3 is 110 Å². The molecule has 0 amide bonds. The molecule has 3 rings (SSSR count). The molecule has 0 atom stereocenters. The highest BCUT2D eigenvalue weighted by Crippen LogP contribution is 2.15. The maximum absolute atomic E-state index is 3.92. The van der Waals surface area contributed by atoms with Gasteiger partial charge in [-0.15, -0.1) is 0 Å². The van der Waals surface area contributed by atoms with Gasteiger partial charge >= 0.3 is 0 Å². The zero-order valence-corrected chi connectivity index (χ0v) is 59.8. The number of hydrogen-bond acceptors (Lipinski definition) is 20. The summed E-state index contributed by atoms with van der Waals surface area (Å²) in [5.74, 6) is 0. The van der Waals surface area contributed by atoms with Crippen LogP contribution in [0.3, 0.4) is 0 Å². The summed E-state index contributed by atoms with van der Waals surface area (Å²) in [7, 11) is 0. The van der Waals surface area contributed by atoms with Crippen LogP contribution in [-0.2, 0) is 0 Å². The Hall–Kier alpha value is -0.840. The molecule has 3 heterocycles. The van der Waals surface area contributed by atoms with E-state index >= 15 is 0 Å². The van der Waals surface area contributed by atoms with Crippen molar-refractivity contribution in [2.45, 2.75) is 161 Å². The quantitative estimate of drug-likeness (QED) is 0.156. The molecule has 21 nitrogen and oxygen atoms in total. The van der Waals surface area contributed by atoms with Crippen LogP contribution in [-0.4, -0.2) is 309 Å². The lowest BCUT2D eigenvalue weighted by molar-refractivity contribution is -0.928. The Labute approximate surface area is 562 Å². The Morgan fingerprint density at radius 3 is 0.560 bits per heavy atom. The minimum atomic E-state index is 0.898. The minimum absolute atomic E-state index is 0.898. The zero-order chi connectivity index (χ0) is 63.9. The van der Waals surface area contributed by atoms with Gasteiger partial charge in [0, 0.05) is 58.5 Å². The van der Waals surface area contributed by atoms with Gasteiger partial charge in [0.15, 0.2) is 0 Å². The highest BCUT2D eigenvalue weighted by atomic mass is 15.4. The molecule has 0 unspecified atom stereocenters. The van der Waals surface area contributed by atoms with Crippen LogP contribution in [0, 0.1) is 0 Å². The fourth-order valence-electron chi connectivity index (χ4n) is 12.9. The maximum Gasteiger partial charge on any atom is 0.0799 e. The molecule has 0 aromatic rings. The number of rotatable bonds is 8. The van der Waals surface area contributed by atoms with Crippen molar-refractivity contribution in [3.05, 3.63) is 0 Å². The van der Waals surface area contributed by atoms with E-state index in [-0.39, 0.29) is 0 Å². The summed E-state index contributed by atoms with van der Waals surface area (Å²) in [6.45, 7) is 50.7. The van der Waals surface area contributed by atoms with E-state index in [1.54, 1.807) is 0 Å². The summed E-state index contributed by atoms with van der Waals surface area (Å²) in [6.07, 6.45) is 30.5. The highest BCUT2D eigenvalue weighted by Gasteiger charge is 2.27. The van der Waals surface area contributed by atoms with Crippen molar-refractivity contribution in [1.82, 2.24) is 106 Å². The molecule has 0 spiro atoms. The van der Waals surface area contributed by atoms with Gasteiger partial charge in [0.05, 0.1) is 26.2 Å². The molecule has 21 heteroatoms. The van der Waals surface area contributed by atoms with Crippen LogP contribution in [0.1, 0.15) is 161 Å². The van der Waals surface area contributed by atoms with E-state index < -0.39 is 0 Å². The molecule has 542 valence electrons. The third-order valence-electron chi connectivity index (χ3n) is 18.4. The van der Waals surface area contributed by atoms with Gasteiger partial charge in [-0.2, -0.15) is 0 Å². The topological polar surface area (TPSA) is 223 Å². The predicted octanol–water partition coefficient (Wildman–Crippen LogP) is 1.77. The lowest BCUT2D eigenvalue weighted by Gasteiger charge is -2.40. The largest absolute Gasteiger partial charge is 0.323 e. The van der Waals surface area contributed by atoms with Gasteiger partial charge in [-0.25, -0.2) is 0 Å².